The maximum absolute atomic E-state index is 12.7. The van der Waals surface area contributed by atoms with Crippen molar-refractivity contribution >= 4 is 34.8 Å². The highest BCUT2D eigenvalue weighted by Crippen LogP contribution is 2.40. The summed E-state index contributed by atoms with van der Waals surface area (Å²) in [4.78, 5) is 0. The molecule has 6 heteroatoms. The fourth-order valence-electron chi connectivity index (χ4n) is 0.593. The summed E-state index contributed by atoms with van der Waals surface area (Å²) >= 11 is 15.6. The van der Waals surface area contributed by atoms with Gasteiger partial charge in [0.15, 0.2) is 17.4 Å². The van der Waals surface area contributed by atoms with Crippen LogP contribution in [0.4, 0.5) is 8.78 Å². The molecule has 1 aromatic carbocycles. The van der Waals surface area contributed by atoms with E-state index in [1.54, 1.807) is 0 Å². The van der Waals surface area contributed by atoms with Crippen molar-refractivity contribution in [2.75, 3.05) is 0 Å². The second-order valence-corrected chi connectivity index (χ2v) is 3.05. The van der Waals surface area contributed by atoms with Gasteiger partial charge in [-0.25, -0.2) is 8.78 Å². The largest absolute Gasteiger partial charge is 0.504 e. The monoisotopic (exact) mass is 232 g/mol. The van der Waals surface area contributed by atoms with E-state index in [0.29, 0.717) is 0 Å². The molecule has 0 spiro atoms. The molecule has 0 aliphatic carbocycles. The molecule has 0 radical (unpaired) electrons. The maximum atomic E-state index is 12.7. The number of rotatable bonds is 0. The summed E-state index contributed by atoms with van der Waals surface area (Å²) in [6.45, 7) is 0. The van der Waals surface area contributed by atoms with Gasteiger partial charge in [0.25, 0.3) is 0 Å². The van der Waals surface area contributed by atoms with Gasteiger partial charge in [-0.3, -0.25) is 0 Å². The third-order valence-electron chi connectivity index (χ3n) is 1.19. The van der Waals surface area contributed by atoms with Crippen LogP contribution >= 0.6 is 34.8 Å². The van der Waals surface area contributed by atoms with E-state index in [0.717, 1.165) is 0 Å². The van der Waals surface area contributed by atoms with Crippen LogP contribution in [0.5, 0.6) is 5.75 Å². The Labute approximate surface area is 81.5 Å². The van der Waals surface area contributed by atoms with E-state index in [2.05, 4.69) is 0 Å². The lowest BCUT2D eigenvalue weighted by atomic mass is 10.3. The maximum Gasteiger partial charge on any atom is 0.188 e. The molecule has 0 aliphatic heterocycles. The predicted molar refractivity (Wildman–Crippen MR) is 43.1 cm³/mol. The van der Waals surface area contributed by atoms with Gasteiger partial charge in [0.1, 0.15) is 15.1 Å². The van der Waals surface area contributed by atoms with Crippen LogP contribution in [0.1, 0.15) is 0 Å². The smallest absolute Gasteiger partial charge is 0.188 e. The van der Waals surface area contributed by atoms with Gasteiger partial charge in [0.05, 0.1) is 0 Å². The topological polar surface area (TPSA) is 20.2 Å². The molecule has 1 rings (SSSR count). The zero-order valence-corrected chi connectivity index (χ0v) is 7.60. The molecule has 1 nitrogen and oxygen atoms in total. The molecule has 0 saturated carbocycles. The number of phenolic OH excluding ortho intramolecular Hbond substituents is 1. The van der Waals surface area contributed by atoms with E-state index < -0.39 is 32.5 Å². The van der Waals surface area contributed by atoms with Crippen LogP contribution in [0.3, 0.4) is 0 Å². The highest BCUT2D eigenvalue weighted by molar-refractivity contribution is 6.44. The Kier molecular flexibility index (Phi) is 2.66. The van der Waals surface area contributed by atoms with Crippen molar-refractivity contribution in [3.63, 3.8) is 0 Å². The Bertz CT molecular complexity index is 235. The fourth-order valence-corrected chi connectivity index (χ4v) is 1.18. The first-order chi connectivity index (χ1) is 5.46. The van der Waals surface area contributed by atoms with Crippen LogP contribution < -0.4 is 0 Å². The van der Waals surface area contributed by atoms with E-state index in [9.17, 15) is 8.78 Å². The summed E-state index contributed by atoms with van der Waals surface area (Å²) in [5.74, 6) is -3.45. The minimum absolute atomic E-state index is 0.587. The second kappa shape index (κ2) is 3.24. The Morgan fingerprint density at radius 1 is 0.833 bits per heavy atom. The zero-order valence-electron chi connectivity index (χ0n) is 5.34. The summed E-state index contributed by atoms with van der Waals surface area (Å²) in [6.07, 6.45) is 0. The summed E-state index contributed by atoms with van der Waals surface area (Å²) in [5.41, 5.74) is 0. The molecule has 0 fully saturated rings. The van der Waals surface area contributed by atoms with Gasteiger partial charge in [-0.1, -0.05) is 34.8 Å². The molecule has 0 aliphatic rings. The van der Waals surface area contributed by atoms with Gasteiger partial charge in [-0.2, -0.15) is 0 Å². The van der Waals surface area contributed by atoms with E-state index in [1.165, 1.54) is 0 Å². The third kappa shape index (κ3) is 1.32. The van der Waals surface area contributed by atoms with Crippen LogP contribution in [0, 0.1) is 11.6 Å². The average molecular weight is 233 g/mol. The molecular formula is C6HCl3F2O. The van der Waals surface area contributed by atoms with E-state index in [4.69, 9.17) is 39.9 Å². The van der Waals surface area contributed by atoms with Crippen molar-refractivity contribution in [3.8, 4) is 5.75 Å². The highest BCUT2D eigenvalue weighted by atomic mass is 35.5. The normalized spacial score (nSPS) is 10.4. The van der Waals surface area contributed by atoms with E-state index >= 15 is 0 Å². The second-order valence-electron chi connectivity index (χ2n) is 1.92. The molecule has 0 aromatic heterocycles. The zero-order chi connectivity index (χ0) is 9.46. The first kappa shape index (κ1) is 9.84. The molecule has 0 atom stereocenters. The molecule has 0 saturated heterocycles. The fraction of sp³-hybridized carbons (Fsp3) is 0. The van der Waals surface area contributed by atoms with Gasteiger partial charge >= 0.3 is 0 Å². The Balaban J connectivity index is 3.60. The van der Waals surface area contributed by atoms with Crippen LogP contribution in [0.15, 0.2) is 0 Å². The van der Waals surface area contributed by atoms with Crippen molar-refractivity contribution in [2.45, 2.75) is 0 Å². The standard InChI is InChI=1S/C6HCl3F2O/c7-1-2(8)6(12)5(11)3(9)4(1)10/h12H. The number of hydrogen-bond donors (Lipinski definition) is 1. The number of aromatic hydroxyl groups is 1. The van der Waals surface area contributed by atoms with E-state index in [-0.39, 0.29) is 0 Å². The van der Waals surface area contributed by atoms with E-state index in [1.807, 2.05) is 0 Å². The Morgan fingerprint density at radius 2 is 1.33 bits per heavy atom. The number of hydrogen-bond acceptors (Lipinski definition) is 1. The third-order valence-corrected chi connectivity index (χ3v) is 2.34. The Hall–Kier alpha value is -0.250. The van der Waals surface area contributed by atoms with Gasteiger partial charge < -0.3 is 5.11 Å². The Morgan fingerprint density at radius 3 is 1.83 bits per heavy atom. The molecular weight excluding hydrogens is 232 g/mol. The summed E-state index contributed by atoms with van der Waals surface area (Å²) < 4.78 is 25.4. The average Bonchev–Trinajstić information content (AvgIpc) is 2.08. The molecule has 1 aromatic rings. The lowest BCUT2D eigenvalue weighted by Gasteiger charge is -2.04. The van der Waals surface area contributed by atoms with Crippen molar-refractivity contribution in [2.24, 2.45) is 0 Å². The van der Waals surface area contributed by atoms with Crippen molar-refractivity contribution < 1.29 is 13.9 Å². The first-order valence-electron chi connectivity index (χ1n) is 2.67. The minimum atomic E-state index is -1.32. The van der Waals surface area contributed by atoms with Gasteiger partial charge in [-0.15, -0.1) is 0 Å². The van der Waals surface area contributed by atoms with Gasteiger partial charge in [0.2, 0.25) is 0 Å². The van der Waals surface area contributed by atoms with Crippen LogP contribution in [-0.4, -0.2) is 5.11 Å². The van der Waals surface area contributed by atoms with Gasteiger partial charge in [0, 0.05) is 0 Å². The highest BCUT2D eigenvalue weighted by Gasteiger charge is 2.20. The molecule has 0 bridgehead atoms. The lowest BCUT2D eigenvalue weighted by molar-refractivity contribution is 0.428. The van der Waals surface area contributed by atoms with Crippen LogP contribution in [0.2, 0.25) is 15.1 Å². The van der Waals surface area contributed by atoms with Crippen molar-refractivity contribution in [1.29, 1.82) is 0 Å². The molecule has 0 amide bonds. The van der Waals surface area contributed by atoms with Crippen molar-refractivity contribution in [3.05, 3.63) is 26.7 Å². The SMILES string of the molecule is Oc1c(F)c(Cl)c(F)c(Cl)c1Cl. The number of benzene rings is 1. The van der Waals surface area contributed by atoms with Crippen LogP contribution in [0.25, 0.3) is 0 Å². The summed E-state index contributed by atoms with van der Waals surface area (Å²) in [5, 5.41) is 6.79. The first-order valence-corrected chi connectivity index (χ1v) is 3.80. The molecule has 1 N–H and O–H groups in total. The molecule has 0 heterocycles. The molecule has 12 heavy (non-hydrogen) atoms. The summed E-state index contributed by atoms with van der Waals surface area (Å²) in [7, 11) is 0. The van der Waals surface area contributed by atoms with Gasteiger partial charge in [-0.05, 0) is 0 Å². The lowest BCUT2D eigenvalue weighted by Crippen LogP contribution is -1.88. The minimum Gasteiger partial charge on any atom is -0.504 e. The quantitative estimate of drug-likeness (QED) is 0.536. The van der Waals surface area contributed by atoms with Crippen LogP contribution in [-0.2, 0) is 0 Å². The number of halogens is 5. The van der Waals surface area contributed by atoms with Crippen molar-refractivity contribution in [1.82, 2.24) is 0 Å². The molecule has 66 valence electrons. The predicted octanol–water partition coefficient (Wildman–Crippen LogP) is 3.63. The summed E-state index contributed by atoms with van der Waals surface area (Å²) in [6, 6.07) is 0. The number of phenols is 1. The molecule has 0 unspecified atom stereocenters.